The second kappa shape index (κ2) is 5.35. The molecule has 0 saturated heterocycles. The molecule has 0 fully saturated rings. The van der Waals surface area contributed by atoms with E-state index in [1.54, 1.807) is 0 Å². The molecule has 0 radical (unpaired) electrons. The van der Waals surface area contributed by atoms with Crippen LogP contribution in [-0.4, -0.2) is 13.1 Å². The molecule has 2 heterocycles. The number of benzene rings is 1. The van der Waals surface area contributed by atoms with Gasteiger partial charge in [-0.2, -0.15) is 0 Å². The Hall–Kier alpha value is -1.32. The number of thiophene rings is 1. The molecule has 19 heavy (non-hydrogen) atoms. The van der Waals surface area contributed by atoms with Gasteiger partial charge in [0.1, 0.15) is 0 Å². The first kappa shape index (κ1) is 12.7. The van der Waals surface area contributed by atoms with E-state index in [0.717, 1.165) is 19.5 Å². The van der Waals surface area contributed by atoms with Crippen molar-refractivity contribution in [1.82, 2.24) is 0 Å². The molecule has 0 spiro atoms. The summed E-state index contributed by atoms with van der Waals surface area (Å²) in [6.45, 7) is 4.16. The number of rotatable bonds is 4. The van der Waals surface area contributed by atoms with Crippen molar-refractivity contribution in [3.05, 3.63) is 52.2 Å². The lowest BCUT2D eigenvalue weighted by atomic mass is 9.98. The van der Waals surface area contributed by atoms with Crippen molar-refractivity contribution in [2.45, 2.75) is 25.3 Å². The van der Waals surface area contributed by atoms with Crippen LogP contribution in [0.3, 0.4) is 0 Å². The van der Waals surface area contributed by atoms with Gasteiger partial charge in [-0.15, -0.1) is 11.3 Å². The fourth-order valence-electron chi connectivity index (χ4n) is 3.03. The van der Waals surface area contributed by atoms with E-state index in [9.17, 15) is 0 Å². The maximum absolute atomic E-state index is 5.77. The quantitative estimate of drug-likeness (QED) is 0.918. The van der Waals surface area contributed by atoms with Gasteiger partial charge in [0.05, 0.1) is 6.04 Å². The van der Waals surface area contributed by atoms with Crippen molar-refractivity contribution in [2.75, 3.05) is 18.0 Å². The van der Waals surface area contributed by atoms with Gasteiger partial charge in [-0.3, -0.25) is 0 Å². The van der Waals surface area contributed by atoms with Crippen molar-refractivity contribution < 1.29 is 0 Å². The van der Waals surface area contributed by atoms with E-state index in [1.165, 1.54) is 16.1 Å². The molecular formula is C16H20N2S. The first-order valence-electron chi connectivity index (χ1n) is 6.90. The number of hydrogen-bond donors (Lipinski definition) is 1. The smallest absolute Gasteiger partial charge is 0.0607 e. The molecule has 3 heteroatoms. The first-order valence-corrected chi connectivity index (χ1v) is 7.78. The molecule has 2 N–H and O–H groups in total. The summed E-state index contributed by atoms with van der Waals surface area (Å²) in [6, 6.07) is 13.6. The average Bonchev–Trinajstić information content (AvgIpc) is 3.07. The van der Waals surface area contributed by atoms with Crippen LogP contribution >= 0.6 is 11.3 Å². The van der Waals surface area contributed by atoms with Crippen molar-refractivity contribution in [2.24, 2.45) is 5.73 Å². The van der Waals surface area contributed by atoms with Crippen molar-refractivity contribution in [3.63, 3.8) is 0 Å². The zero-order valence-electron chi connectivity index (χ0n) is 11.3. The molecule has 2 atom stereocenters. The van der Waals surface area contributed by atoms with Crippen molar-refractivity contribution in [3.8, 4) is 0 Å². The number of anilines is 1. The molecule has 0 aliphatic carbocycles. The fraction of sp³-hybridized carbons (Fsp3) is 0.375. The van der Waals surface area contributed by atoms with E-state index in [4.69, 9.17) is 5.73 Å². The highest BCUT2D eigenvalue weighted by Gasteiger charge is 2.31. The molecular weight excluding hydrogens is 252 g/mol. The maximum atomic E-state index is 5.77. The average molecular weight is 272 g/mol. The fourth-order valence-corrected chi connectivity index (χ4v) is 3.82. The predicted octanol–water partition coefficient (Wildman–Crippen LogP) is 3.76. The van der Waals surface area contributed by atoms with E-state index >= 15 is 0 Å². The summed E-state index contributed by atoms with van der Waals surface area (Å²) in [7, 11) is 0. The Morgan fingerprint density at radius 3 is 2.89 bits per heavy atom. The Morgan fingerprint density at radius 2 is 2.16 bits per heavy atom. The summed E-state index contributed by atoms with van der Waals surface area (Å²) >= 11 is 1.84. The van der Waals surface area contributed by atoms with Crippen LogP contribution in [0.4, 0.5) is 5.69 Å². The van der Waals surface area contributed by atoms with Crippen molar-refractivity contribution >= 4 is 17.0 Å². The van der Waals surface area contributed by atoms with Crippen LogP contribution in [0.2, 0.25) is 0 Å². The van der Waals surface area contributed by atoms with E-state index in [2.05, 4.69) is 53.6 Å². The summed E-state index contributed by atoms with van der Waals surface area (Å²) in [5.41, 5.74) is 8.62. The number of nitrogens with zero attached hydrogens (tertiary/aromatic N) is 1. The van der Waals surface area contributed by atoms with Gasteiger partial charge < -0.3 is 10.6 Å². The van der Waals surface area contributed by atoms with Gasteiger partial charge >= 0.3 is 0 Å². The standard InChI is InChI=1S/C16H20N2S/c1-12(16-7-4-10-19-16)18-11-13(8-9-17)14-5-2-3-6-15(14)18/h2-7,10,12-13H,8-9,11,17H2,1H3. The Morgan fingerprint density at radius 1 is 1.32 bits per heavy atom. The predicted molar refractivity (Wildman–Crippen MR) is 82.9 cm³/mol. The summed E-state index contributed by atoms with van der Waals surface area (Å²) < 4.78 is 0. The Labute approximate surface area is 118 Å². The third-order valence-electron chi connectivity index (χ3n) is 4.04. The molecule has 1 aliphatic heterocycles. The Kier molecular flexibility index (Phi) is 3.58. The van der Waals surface area contributed by atoms with E-state index in [-0.39, 0.29) is 0 Å². The first-order chi connectivity index (χ1) is 9.31. The molecule has 2 unspecified atom stereocenters. The molecule has 1 aromatic carbocycles. The highest BCUT2D eigenvalue weighted by atomic mass is 32.1. The number of hydrogen-bond acceptors (Lipinski definition) is 3. The zero-order valence-corrected chi connectivity index (χ0v) is 12.1. The van der Waals surface area contributed by atoms with Crippen LogP contribution in [0.5, 0.6) is 0 Å². The van der Waals surface area contributed by atoms with Gasteiger partial charge in [0, 0.05) is 23.0 Å². The normalized spacial score (nSPS) is 19.5. The highest BCUT2D eigenvalue weighted by molar-refractivity contribution is 7.10. The lowest BCUT2D eigenvalue weighted by Crippen LogP contribution is -2.25. The van der Waals surface area contributed by atoms with Gasteiger partial charge in [-0.1, -0.05) is 24.3 Å². The van der Waals surface area contributed by atoms with Gasteiger partial charge in [0.25, 0.3) is 0 Å². The highest BCUT2D eigenvalue weighted by Crippen LogP contribution is 2.42. The summed E-state index contributed by atoms with van der Waals surface area (Å²) in [5, 5.41) is 2.16. The molecule has 3 rings (SSSR count). The molecule has 1 aliphatic rings. The molecule has 100 valence electrons. The lowest BCUT2D eigenvalue weighted by Gasteiger charge is -2.27. The second-order valence-electron chi connectivity index (χ2n) is 5.18. The second-order valence-corrected chi connectivity index (χ2v) is 6.16. The van der Waals surface area contributed by atoms with Crippen LogP contribution in [-0.2, 0) is 0 Å². The van der Waals surface area contributed by atoms with E-state index < -0.39 is 0 Å². The SMILES string of the molecule is CC(c1cccs1)N1CC(CCN)c2ccccc21. The topological polar surface area (TPSA) is 29.3 Å². The summed E-state index contributed by atoms with van der Waals surface area (Å²) in [6.07, 6.45) is 1.07. The third-order valence-corrected chi connectivity index (χ3v) is 5.08. The number of nitrogens with two attached hydrogens (primary N) is 1. The van der Waals surface area contributed by atoms with Gasteiger partial charge in [-0.05, 0) is 43.0 Å². The van der Waals surface area contributed by atoms with Gasteiger partial charge in [0.15, 0.2) is 0 Å². The van der Waals surface area contributed by atoms with E-state index in [0.29, 0.717) is 12.0 Å². The Balaban J connectivity index is 1.92. The summed E-state index contributed by atoms with van der Waals surface area (Å²) in [5.74, 6) is 0.587. The lowest BCUT2D eigenvalue weighted by molar-refractivity contribution is 0.610. The number of para-hydroxylation sites is 1. The minimum absolute atomic E-state index is 0.448. The van der Waals surface area contributed by atoms with Crippen LogP contribution in [0, 0.1) is 0 Å². The molecule has 2 aromatic rings. The minimum atomic E-state index is 0.448. The largest absolute Gasteiger partial charge is 0.363 e. The van der Waals surface area contributed by atoms with Gasteiger partial charge in [-0.25, -0.2) is 0 Å². The molecule has 0 amide bonds. The molecule has 0 bridgehead atoms. The monoisotopic (exact) mass is 272 g/mol. The van der Waals surface area contributed by atoms with Crippen LogP contribution in [0.1, 0.15) is 35.7 Å². The van der Waals surface area contributed by atoms with Crippen LogP contribution < -0.4 is 10.6 Å². The maximum Gasteiger partial charge on any atom is 0.0607 e. The molecule has 0 saturated carbocycles. The third kappa shape index (κ3) is 2.28. The zero-order chi connectivity index (χ0) is 13.2. The van der Waals surface area contributed by atoms with Crippen molar-refractivity contribution in [1.29, 1.82) is 0 Å². The molecule has 1 aromatic heterocycles. The number of fused-ring (bicyclic) bond motifs is 1. The van der Waals surface area contributed by atoms with Crippen LogP contribution in [0.25, 0.3) is 0 Å². The molecule has 2 nitrogen and oxygen atoms in total. The Bertz CT molecular complexity index is 535. The van der Waals surface area contributed by atoms with E-state index in [1.807, 2.05) is 11.3 Å². The minimum Gasteiger partial charge on any atom is -0.363 e. The van der Waals surface area contributed by atoms with Crippen LogP contribution in [0.15, 0.2) is 41.8 Å². The van der Waals surface area contributed by atoms with Gasteiger partial charge in [0.2, 0.25) is 0 Å². The summed E-state index contributed by atoms with van der Waals surface area (Å²) in [4.78, 5) is 3.96.